The quantitative estimate of drug-likeness (QED) is 0.699. The van der Waals surface area contributed by atoms with E-state index in [1.807, 2.05) is 11.8 Å². The van der Waals surface area contributed by atoms with E-state index in [1.165, 1.54) is 6.07 Å². The Morgan fingerprint density at radius 1 is 1.07 bits per heavy atom. The largest absolute Gasteiger partial charge is 0.496 e. The first-order valence-electron chi connectivity index (χ1n) is 9.79. The molecule has 0 aliphatic carbocycles. The summed E-state index contributed by atoms with van der Waals surface area (Å²) in [5, 5.41) is 0. The van der Waals surface area contributed by atoms with Crippen LogP contribution in [0.15, 0.2) is 42.5 Å². The Morgan fingerprint density at radius 3 is 2.43 bits per heavy atom. The molecule has 0 bridgehead atoms. The predicted molar refractivity (Wildman–Crippen MR) is 108 cm³/mol. The zero-order valence-electron chi connectivity index (χ0n) is 17.0. The van der Waals surface area contributed by atoms with Gasteiger partial charge >= 0.3 is 6.18 Å². The minimum Gasteiger partial charge on any atom is -0.496 e. The molecule has 2 aromatic rings. The zero-order chi connectivity index (χ0) is 21.7. The topological polar surface area (TPSA) is 42.0 Å². The van der Waals surface area contributed by atoms with E-state index < -0.39 is 11.7 Å². The van der Waals surface area contributed by atoms with E-state index in [2.05, 4.69) is 0 Å². The molecule has 1 aliphatic heterocycles. The van der Waals surface area contributed by atoms with Crippen molar-refractivity contribution in [1.29, 1.82) is 0 Å². The number of carbonyl (C=O) groups excluding carboxylic acids is 1. The SMILES string of the molecule is CCOCc1cc(C(=O)N2CCN(c3cccc(C(F)(F)F)c3)CC2)ccc1OC. The Kier molecular flexibility index (Phi) is 6.87. The number of hydrogen-bond donors (Lipinski definition) is 0. The fourth-order valence-corrected chi connectivity index (χ4v) is 3.47. The van der Waals surface area contributed by atoms with Crippen LogP contribution in [0.4, 0.5) is 18.9 Å². The maximum atomic E-state index is 13.0. The monoisotopic (exact) mass is 422 g/mol. The first kappa shape index (κ1) is 22.0. The van der Waals surface area contributed by atoms with Crippen molar-refractivity contribution in [2.75, 3.05) is 44.8 Å². The van der Waals surface area contributed by atoms with Crippen molar-refractivity contribution in [2.45, 2.75) is 19.7 Å². The Bertz CT molecular complexity index is 878. The van der Waals surface area contributed by atoms with Gasteiger partial charge < -0.3 is 19.3 Å². The van der Waals surface area contributed by atoms with E-state index in [0.29, 0.717) is 56.4 Å². The fourth-order valence-electron chi connectivity index (χ4n) is 3.47. The molecule has 2 aromatic carbocycles. The Hall–Kier alpha value is -2.74. The number of halogens is 3. The maximum absolute atomic E-state index is 13.0. The van der Waals surface area contributed by atoms with Gasteiger partial charge in [0.2, 0.25) is 0 Å². The van der Waals surface area contributed by atoms with Gasteiger partial charge in [-0.15, -0.1) is 0 Å². The van der Waals surface area contributed by atoms with Crippen molar-refractivity contribution < 1.29 is 27.4 Å². The van der Waals surface area contributed by atoms with E-state index in [0.717, 1.165) is 17.7 Å². The van der Waals surface area contributed by atoms with Crippen molar-refractivity contribution >= 4 is 11.6 Å². The standard InChI is InChI=1S/C22H25F3N2O3/c1-3-30-15-17-13-16(7-8-20(17)29-2)21(28)27-11-9-26(10-12-27)19-6-4-5-18(14-19)22(23,24)25/h4-8,13-14H,3,9-12,15H2,1-2H3. The van der Waals surface area contributed by atoms with E-state index in [9.17, 15) is 18.0 Å². The average Bonchev–Trinajstić information content (AvgIpc) is 2.76. The van der Waals surface area contributed by atoms with Crippen LogP contribution in [0, 0.1) is 0 Å². The first-order valence-corrected chi connectivity index (χ1v) is 9.79. The molecule has 30 heavy (non-hydrogen) atoms. The fraction of sp³-hybridized carbons (Fsp3) is 0.409. The maximum Gasteiger partial charge on any atom is 0.416 e. The lowest BCUT2D eigenvalue weighted by Gasteiger charge is -2.36. The first-order chi connectivity index (χ1) is 14.3. The second-order valence-electron chi connectivity index (χ2n) is 6.99. The highest BCUT2D eigenvalue weighted by atomic mass is 19.4. The van der Waals surface area contributed by atoms with Crippen LogP contribution in [0.1, 0.15) is 28.4 Å². The Labute approximate surface area is 174 Å². The summed E-state index contributed by atoms with van der Waals surface area (Å²) in [6.07, 6.45) is -4.37. The van der Waals surface area contributed by atoms with Crippen molar-refractivity contribution in [1.82, 2.24) is 4.90 Å². The van der Waals surface area contributed by atoms with Crippen LogP contribution in [-0.4, -0.2) is 50.7 Å². The number of rotatable bonds is 6. The van der Waals surface area contributed by atoms with Gasteiger partial charge in [0.15, 0.2) is 0 Å². The van der Waals surface area contributed by atoms with Crippen LogP contribution in [0.3, 0.4) is 0 Å². The molecule has 162 valence electrons. The second kappa shape index (κ2) is 9.38. The molecule has 1 amide bonds. The van der Waals surface area contributed by atoms with Crippen LogP contribution in [0.2, 0.25) is 0 Å². The summed E-state index contributed by atoms with van der Waals surface area (Å²) in [6.45, 7) is 4.60. The Morgan fingerprint density at radius 2 is 1.80 bits per heavy atom. The molecule has 0 spiro atoms. The number of carbonyl (C=O) groups is 1. The lowest BCUT2D eigenvalue weighted by atomic mass is 10.1. The Balaban J connectivity index is 1.67. The number of piperazine rings is 1. The number of methoxy groups -OCH3 is 1. The molecule has 5 nitrogen and oxygen atoms in total. The van der Waals surface area contributed by atoms with E-state index >= 15 is 0 Å². The van der Waals surface area contributed by atoms with Gasteiger partial charge in [0, 0.05) is 49.6 Å². The molecule has 1 saturated heterocycles. The van der Waals surface area contributed by atoms with Gasteiger partial charge in [0.25, 0.3) is 5.91 Å². The molecule has 3 rings (SSSR count). The minimum absolute atomic E-state index is 0.112. The third kappa shape index (κ3) is 5.05. The van der Waals surface area contributed by atoms with Gasteiger partial charge in [-0.3, -0.25) is 4.79 Å². The number of benzene rings is 2. The molecule has 0 saturated carbocycles. The number of ether oxygens (including phenoxy) is 2. The molecular formula is C22H25F3N2O3. The van der Waals surface area contributed by atoms with Crippen LogP contribution in [0.25, 0.3) is 0 Å². The number of alkyl halides is 3. The predicted octanol–water partition coefficient (Wildman–Crippen LogP) is 4.21. The molecule has 1 aliphatic rings. The number of amides is 1. The molecule has 0 radical (unpaired) electrons. The summed E-state index contributed by atoms with van der Waals surface area (Å²) in [6, 6.07) is 10.5. The van der Waals surface area contributed by atoms with Crippen molar-refractivity contribution in [3.8, 4) is 5.75 Å². The molecule has 0 aromatic heterocycles. The van der Waals surface area contributed by atoms with Gasteiger partial charge in [-0.25, -0.2) is 0 Å². The summed E-state index contributed by atoms with van der Waals surface area (Å²) in [7, 11) is 1.57. The molecule has 0 atom stereocenters. The van der Waals surface area contributed by atoms with Crippen molar-refractivity contribution in [3.63, 3.8) is 0 Å². The third-order valence-corrected chi connectivity index (χ3v) is 5.09. The number of nitrogens with zero attached hydrogens (tertiary/aromatic N) is 2. The van der Waals surface area contributed by atoms with Crippen LogP contribution in [-0.2, 0) is 17.5 Å². The van der Waals surface area contributed by atoms with Crippen LogP contribution >= 0.6 is 0 Å². The highest BCUT2D eigenvalue weighted by molar-refractivity contribution is 5.94. The zero-order valence-corrected chi connectivity index (χ0v) is 17.0. The van der Waals surface area contributed by atoms with Crippen molar-refractivity contribution in [3.05, 3.63) is 59.2 Å². The summed E-state index contributed by atoms with van der Waals surface area (Å²) in [5.41, 5.74) is 1.18. The van der Waals surface area contributed by atoms with Gasteiger partial charge in [0.1, 0.15) is 5.75 Å². The summed E-state index contributed by atoms with van der Waals surface area (Å²) < 4.78 is 49.7. The highest BCUT2D eigenvalue weighted by Gasteiger charge is 2.31. The van der Waals surface area contributed by atoms with Gasteiger partial charge in [-0.1, -0.05) is 6.07 Å². The van der Waals surface area contributed by atoms with Gasteiger partial charge in [-0.2, -0.15) is 13.2 Å². The summed E-state index contributed by atoms with van der Waals surface area (Å²) in [4.78, 5) is 16.5. The average molecular weight is 422 g/mol. The smallest absolute Gasteiger partial charge is 0.416 e. The van der Waals surface area contributed by atoms with Crippen LogP contribution in [0.5, 0.6) is 5.75 Å². The second-order valence-corrected chi connectivity index (χ2v) is 6.99. The molecule has 1 heterocycles. The van der Waals surface area contributed by atoms with E-state index in [-0.39, 0.29) is 5.91 Å². The lowest BCUT2D eigenvalue weighted by molar-refractivity contribution is -0.137. The minimum atomic E-state index is -4.37. The molecule has 1 fully saturated rings. The lowest BCUT2D eigenvalue weighted by Crippen LogP contribution is -2.48. The number of hydrogen-bond acceptors (Lipinski definition) is 4. The molecule has 0 unspecified atom stereocenters. The molecular weight excluding hydrogens is 397 g/mol. The van der Waals surface area contributed by atoms with E-state index in [1.54, 1.807) is 36.3 Å². The van der Waals surface area contributed by atoms with E-state index in [4.69, 9.17) is 9.47 Å². The summed E-state index contributed by atoms with van der Waals surface area (Å²) in [5.74, 6) is 0.549. The normalized spacial score (nSPS) is 14.7. The van der Waals surface area contributed by atoms with Crippen molar-refractivity contribution in [2.24, 2.45) is 0 Å². The summed E-state index contributed by atoms with van der Waals surface area (Å²) >= 11 is 0. The van der Waals surface area contributed by atoms with Gasteiger partial charge in [0.05, 0.1) is 19.3 Å². The van der Waals surface area contributed by atoms with Crippen LogP contribution < -0.4 is 9.64 Å². The molecule has 0 N–H and O–H groups in total. The molecule has 8 heteroatoms. The van der Waals surface area contributed by atoms with Gasteiger partial charge in [-0.05, 0) is 43.3 Å². The third-order valence-electron chi connectivity index (χ3n) is 5.09. The number of anilines is 1. The highest BCUT2D eigenvalue weighted by Crippen LogP contribution is 2.32.